The molecule has 1 aliphatic carbocycles. The predicted molar refractivity (Wildman–Crippen MR) is 115 cm³/mol. The molecule has 1 aliphatic heterocycles. The first kappa shape index (κ1) is 26.5. The molecule has 2 N–H and O–H groups in total. The molecule has 0 radical (unpaired) electrons. The van der Waals surface area contributed by atoms with E-state index in [2.05, 4.69) is 4.90 Å². The fourth-order valence-electron chi connectivity index (χ4n) is 4.19. The van der Waals surface area contributed by atoms with Gasteiger partial charge >= 0.3 is 6.18 Å². The zero-order valence-corrected chi connectivity index (χ0v) is 18.3. The van der Waals surface area contributed by atoms with Crippen LogP contribution < -0.4 is 5.73 Å². The normalized spacial score (nSPS) is 23.9. The van der Waals surface area contributed by atoms with E-state index in [4.69, 9.17) is 10.5 Å². The SMILES string of the molecule is Cl.Cl.NC1CCC(CCN2CCC(OCc3cccc(C(F)(F)F)c3)CC2)CC1. The van der Waals surface area contributed by atoms with Crippen LogP contribution in [-0.4, -0.2) is 36.7 Å². The number of halogens is 5. The van der Waals surface area contributed by atoms with Crippen molar-refractivity contribution < 1.29 is 17.9 Å². The molecule has 1 aromatic carbocycles. The van der Waals surface area contributed by atoms with Gasteiger partial charge in [-0.05, 0) is 75.1 Å². The Labute approximate surface area is 184 Å². The van der Waals surface area contributed by atoms with Gasteiger partial charge < -0.3 is 15.4 Å². The van der Waals surface area contributed by atoms with Crippen LogP contribution in [0.4, 0.5) is 13.2 Å². The van der Waals surface area contributed by atoms with Crippen molar-refractivity contribution in [3.63, 3.8) is 0 Å². The van der Waals surface area contributed by atoms with Crippen LogP contribution in [-0.2, 0) is 17.5 Å². The number of ether oxygens (including phenoxy) is 1. The number of likely N-dealkylation sites (tertiary alicyclic amines) is 1. The summed E-state index contributed by atoms with van der Waals surface area (Å²) in [6.45, 7) is 3.41. The number of benzene rings is 1. The van der Waals surface area contributed by atoms with Gasteiger partial charge in [0, 0.05) is 19.1 Å². The lowest BCUT2D eigenvalue weighted by Gasteiger charge is -2.34. The molecule has 2 aliphatic rings. The Morgan fingerprint density at radius 2 is 1.66 bits per heavy atom. The van der Waals surface area contributed by atoms with Gasteiger partial charge in [0.25, 0.3) is 0 Å². The summed E-state index contributed by atoms with van der Waals surface area (Å²) < 4.78 is 44.2. The van der Waals surface area contributed by atoms with Crippen LogP contribution in [0.2, 0.25) is 0 Å². The van der Waals surface area contributed by atoms with Crippen LogP contribution in [0.25, 0.3) is 0 Å². The van der Waals surface area contributed by atoms with E-state index in [1.54, 1.807) is 6.07 Å². The van der Waals surface area contributed by atoms with E-state index in [0.717, 1.165) is 57.3 Å². The van der Waals surface area contributed by atoms with Gasteiger partial charge in [-0.25, -0.2) is 0 Å². The lowest BCUT2D eigenvalue weighted by Crippen LogP contribution is -2.38. The average Bonchev–Trinajstić information content (AvgIpc) is 2.66. The fraction of sp³-hybridized carbons (Fsp3) is 0.714. The summed E-state index contributed by atoms with van der Waals surface area (Å²) in [5.41, 5.74) is 5.95. The minimum atomic E-state index is -4.30. The molecule has 0 bridgehead atoms. The first-order chi connectivity index (χ1) is 12.9. The Hall–Kier alpha value is -0.530. The van der Waals surface area contributed by atoms with Crippen molar-refractivity contribution in [2.45, 2.75) is 69.9 Å². The molecule has 0 spiro atoms. The topological polar surface area (TPSA) is 38.5 Å². The molecule has 1 heterocycles. The lowest BCUT2D eigenvalue weighted by atomic mass is 9.84. The molecule has 0 unspecified atom stereocenters. The summed E-state index contributed by atoms with van der Waals surface area (Å²) in [5, 5.41) is 0. The van der Waals surface area contributed by atoms with Crippen LogP contribution in [0.15, 0.2) is 24.3 Å². The Morgan fingerprint density at radius 1 is 1.00 bits per heavy atom. The quantitative estimate of drug-likeness (QED) is 0.619. The van der Waals surface area contributed by atoms with Gasteiger partial charge in [-0.15, -0.1) is 24.8 Å². The molecular formula is C21H33Cl2F3N2O. The van der Waals surface area contributed by atoms with Gasteiger partial charge in [0.1, 0.15) is 0 Å². The summed E-state index contributed by atoms with van der Waals surface area (Å²) in [4.78, 5) is 2.50. The molecule has 1 saturated heterocycles. The monoisotopic (exact) mass is 456 g/mol. The Bertz CT molecular complexity index is 588. The van der Waals surface area contributed by atoms with E-state index in [1.807, 2.05) is 0 Å². The number of nitrogens with two attached hydrogens (primary N) is 1. The van der Waals surface area contributed by atoms with Crippen LogP contribution in [0, 0.1) is 5.92 Å². The largest absolute Gasteiger partial charge is 0.416 e. The lowest BCUT2D eigenvalue weighted by molar-refractivity contribution is -0.137. The fourth-order valence-corrected chi connectivity index (χ4v) is 4.19. The number of hydrogen-bond acceptors (Lipinski definition) is 3. The predicted octanol–water partition coefficient (Wildman–Crippen LogP) is 5.44. The summed E-state index contributed by atoms with van der Waals surface area (Å²) >= 11 is 0. The second-order valence-corrected chi connectivity index (χ2v) is 8.12. The average molecular weight is 457 g/mol. The molecule has 29 heavy (non-hydrogen) atoms. The summed E-state index contributed by atoms with van der Waals surface area (Å²) in [6, 6.07) is 5.83. The smallest absolute Gasteiger partial charge is 0.373 e. The summed E-state index contributed by atoms with van der Waals surface area (Å²) in [5.74, 6) is 0.819. The molecule has 0 amide bonds. The van der Waals surface area contributed by atoms with Crippen LogP contribution >= 0.6 is 24.8 Å². The van der Waals surface area contributed by atoms with Crippen molar-refractivity contribution in [1.29, 1.82) is 0 Å². The van der Waals surface area contributed by atoms with Gasteiger partial charge in [0.05, 0.1) is 18.3 Å². The van der Waals surface area contributed by atoms with Crippen molar-refractivity contribution in [3.8, 4) is 0 Å². The maximum atomic E-state index is 12.8. The van der Waals surface area contributed by atoms with Crippen LogP contribution in [0.1, 0.15) is 56.1 Å². The van der Waals surface area contributed by atoms with Gasteiger partial charge in [-0.2, -0.15) is 13.2 Å². The van der Waals surface area contributed by atoms with Crippen molar-refractivity contribution in [2.75, 3.05) is 19.6 Å². The zero-order valence-electron chi connectivity index (χ0n) is 16.7. The standard InChI is InChI=1S/C21H31F3N2O.2ClH/c22-21(23,24)18-3-1-2-17(14-18)15-27-20-9-12-26(13-10-20)11-8-16-4-6-19(25)7-5-16;;/h1-3,14,16,19-20H,4-13,15,25H2;2*1H. The number of piperidine rings is 1. The summed E-state index contributed by atoms with van der Waals surface area (Å²) in [6.07, 6.45) is 3.85. The Kier molecular flexibility index (Phi) is 11.3. The third kappa shape index (κ3) is 8.62. The number of alkyl halides is 3. The molecule has 3 rings (SSSR count). The van der Waals surface area contributed by atoms with Crippen molar-refractivity contribution in [1.82, 2.24) is 4.90 Å². The first-order valence-corrected chi connectivity index (χ1v) is 10.2. The highest BCUT2D eigenvalue weighted by Gasteiger charge is 2.30. The van der Waals surface area contributed by atoms with Crippen molar-refractivity contribution >= 4 is 24.8 Å². The minimum Gasteiger partial charge on any atom is -0.373 e. The highest BCUT2D eigenvalue weighted by atomic mass is 35.5. The van der Waals surface area contributed by atoms with Crippen LogP contribution in [0.3, 0.4) is 0 Å². The molecule has 0 aromatic heterocycles. The van der Waals surface area contributed by atoms with E-state index in [1.165, 1.54) is 31.4 Å². The Balaban J connectivity index is 0.00000210. The van der Waals surface area contributed by atoms with Crippen molar-refractivity contribution in [3.05, 3.63) is 35.4 Å². The van der Waals surface area contributed by atoms with E-state index in [-0.39, 0.29) is 37.5 Å². The van der Waals surface area contributed by atoms with E-state index in [9.17, 15) is 13.2 Å². The van der Waals surface area contributed by atoms with Gasteiger partial charge in [0.15, 0.2) is 0 Å². The van der Waals surface area contributed by atoms with Gasteiger partial charge in [0.2, 0.25) is 0 Å². The third-order valence-electron chi connectivity index (χ3n) is 6.02. The maximum absolute atomic E-state index is 12.8. The van der Waals surface area contributed by atoms with E-state index < -0.39 is 11.7 Å². The molecule has 1 saturated carbocycles. The molecule has 3 nitrogen and oxygen atoms in total. The molecule has 0 atom stereocenters. The molecular weight excluding hydrogens is 424 g/mol. The molecule has 2 fully saturated rings. The molecule has 168 valence electrons. The zero-order chi connectivity index (χ0) is 19.3. The second-order valence-electron chi connectivity index (χ2n) is 8.12. The van der Waals surface area contributed by atoms with E-state index in [0.29, 0.717) is 11.6 Å². The second kappa shape index (κ2) is 12.4. The highest BCUT2D eigenvalue weighted by molar-refractivity contribution is 5.85. The maximum Gasteiger partial charge on any atom is 0.416 e. The van der Waals surface area contributed by atoms with Crippen molar-refractivity contribution in [2.24, 2.45) is 11.7 Å². The first-order valence-electron chi connectivity index (χ1n) is 10.2. The molecule has 8 heteroatoms. The molecule has 1 aromatic rings. The minimum absolute atomic E-state index is 0. The third-order valence-corrected chi connectivity index (χ3v) is 6.02. The van der Waals surface area contributed by atoms with E-state index >= 15 is 0 Å². The van der Waals surface area contributed by atoms with Crippen LogP contribution in [0.5, 0.6) is 0 Å². The van der Waals surface area contributed by atoms with Gasteiger partial charge in [-0.3, -0.25) is 0 Å². The number of rotatable bonds is 6. The number of hydrogen-bond donors (Lipinski definition) is 1. The van der Waals surface area contributed by atoms with Gasteiger partial charge in [-0.1, -0.05) is 12.1 Å². The summed E-state index contributed by atoms with van der Waals surface area (Å²) in [7, 11) is 0. The Morgan fingerprint density at radius 3 is 2.28 bits per heavy atom. The number of nitrogens with zero attached hydrogens (tertiary/aromatic N) is 1. The highest BCUT2D eigenvalue weighted by Crippen LogP contribution is 2.30.